The second-order valence-corrected chi connectivity index (χ2v) is 4.59. The number of carbonyl (C=O) groups is 1. The van der Waals surface area contributed by atoms with Gasteiger partial charge in [0.25, 0.3) is 5.91 Å². The Morgan fingerprint density at radius 3 is 2.55 bits per heavy atom. The van der Waals surface area contributed by atoms with E-state index in [-0.39, 0.29) is 6.54 Å². The van der Waals surface area contributed by atoms with Crippen LogP contribution in [0.3, 0.4) is 0 Å². The zero-order chi connectivity index (χ0) is 15.0. The molecule has 110 valence electrons. The molecule has 0 aliphatic carbocycles. The van der Waals surface area contributed by atoms with Gasteiger partial charge >= 0.3 is 0 Å². The van der Waals surface area contributed by atoms with Crippen LogP contribution in [0.2, 0.25) is 0 Å². The van der Waals surface area contributed by atoms with Crippen LogP contribution in [-0.2, 0) is 0 Å². The summed E-state index contributed by atoms with van der Waals surface area (Å²) in [6, 6.07) is -0.227. The Kier molecular flexibility index (Phi) is 3.87. The lowest BCUT2D eigenvalue weighted by Gasteiger charge is -2.26. The summed E-state index contributed by atoms with van der Waals surface area (Å²) >= 11 is 0. The first-order valence-electron chi connectivity index (χ1n) is 5.87. The Balaban J connectivity index is 2.34. The molecule has 0 aromatic heterocycles. The summed E-state index contributed by atoms with van der Waals surface area (Å²) < 4.78 is 39.8. The Morgan fingerprint density at radius 1 is 1.35 bits per heavy atom. The van der Waals surface area contributed by atoms with Gasteiger partial charge in [0, 0.05) is 20.1 Å². The molecule has 0 spiro atoms. The van der Waals surface area contributed by atoms with Gasteiger partial charge in [-0.05, 0) is 6.07 Å². The Labute approximate surface area is 112 Å². The third-order valence-electron chi connectivity index (χ3n) is 3.33. The van der Waals surface area contributed by atoms with E-state index in [4.69, 9.17) is 5.11 Å². The molecular formula is C12H13F3N2O3. The van der Waals surface area contributed by atoms with Crippen molar-refractivity contribution in [2.75, 3.05) is 20.1 Å². The maximum atomic E-state index is 13.7. The number of rotatable bonds is 2. The lowest BCUT2D eigenvalue weighted by Crippen LogP contribution is -2.44. The largest absolute Gasteiger partial charge is 0.503 e. The average molecular weight is 290 g/mol. The quantitative estimate of drug-likeness (QED) is 0.681. The summed E-state index contributed by atoms with van der Waals surface area (Å²) in [5.74, 6) is -7.28. The van der Waals surface area contributed by atoms with Crippen molar-refractivity contribution in [3.63, 3.8) is 0 Å². The van der Waals surface area contributed by atoms with Gasteiger partial charge in [-0.25, -0.2) is 8.78 Å². The first-order valence-corrected chi connectivity index (χ1v) is 5.87. The standard InChI is InChI=1S/C12H13F3N2O3/c1-17(7-3-16-4-8(7)18)12(20)5-2-6(13)10(15)11(19)9(5)14/h2,7-8,16,18-19H,3-4H2,1H3/t7-,8-/m0/s1. The first kappa shape index (κ1) is 14.6. The van der Waals surface area contributed by atoms with E-state index in [2.05, 4.69) is 5.32 Å². The van der Waals surface area contributed by atoms with Crippen LogP contribution in [0, 0.1) is 17.5 Å². The Hall–Kier alpha value is -1.80. The molecule has 2 rings (SSSR count). The Bertz CT molecular complexity index is 553. The van der Waals surface area contributed by atoms with Gasteiger partial charge in [-0.2, -0.15) is 4.39 Å². The molecule has 1 fully saturated rings. The van der Waals surface area contributed by atoms with Crippen LogP contribution in [0.1, 0.15) is 10.4 Å². The van der Waals surface area contributed by atoms with Gasteiger partial charge < -0.3 is 20.4 Å². The number of halogens is 3. The third kappa shape index (κ3) is 2.32. The molecule has 0 bridgehead atoms. The number of aliphatic hydroxyl groups excluding tert-OH is 1. The predicted molar refractivity (Wildman–Crippen MR) is 62.7 cm³/mol. The van der Waals surface area contributed by atoms with Crippen molar-refractivity contribution in [2.24, 2.45) is 0 Å². The number of hydrogen-bond donors (Lipinski definition) is 3. The molecule has 2 atom stereocenters. The van der Waals surface area contributed by atoms with E-state index in [9.17, 15) is 23.1 Å². The van der Waals surface area contributed by atoms with Crippen molar-refractivity contribution >= 4 is 5.91 Å². The minimum absolute atomic E-state index is 0.272. The van der Waals surface area contributed by atoms with Crippen LogP contribution in [0.4, 0.5) is 13.2 Å². The van der Waals surface area contributed by atoms with Crippen molar-refractivity contribution in [1.82, 2.24) is 10.2 Å². The number of benzene rings is 1. The van der Waals surface area contributed by atoms with Crippen molar-refractivity contribution in [2.45, 2.75) is 12.1 Å². The van der Waals surface area contributed by atoms with Crippen molar-refractivity contribution in [1.29, 1.82) is 0 Å². The molecule has 3 N–H and O–H groups in total. The van der Waals surface area contributed by atoms with E-state index in [0.717, 1.165) is 4.90 Å². The summed E-state index contributed by atoms with van der Waals surface area (Å²) in [4.78, 5) is 13.1. The molecule has 5 nitrogen and oxygen atoms in total. The molecule has 1 aliphatic rings. The van der Waals surface area contributed by atoms with Crippen LogP contribution < -0.4 is 5.32 Å². The summed E-state index contributed by atoms with van der Waals surface area (Å²) in [7, 11) is 1.31. The minimum Gasteiger partial charge on any atom is -0.503 e. The molecule has 1 aliphatic heterocycles. The second-order valence-electron chi connectivity index (χ2n) is 4.59. The van der Waals surface area contributed by atoms with Gasteiger partial charge in [-0.3, -0.25) is 4.79 Å². The fraction of sp³-hybridized carbons (Fsp3) is 0.417. The molecule has 1 aromatic rings. The SMILES string of the molecule is CN(C(=O)c1cc(F)c(F)c(O)c1F)[C@H]1CNC[C@@H]1O. The van der Waals surface area contributed by atoms with E-state index in [1.54, 1.807) is 0 Å². The summed E-state index contributed by atoms with van der Waals surface area (Å²) in [6.45, 7) is 0.564. The number of nitrogens with zero attached hydrogens (tertiary/aromatic N) is 1. The molecule has 1 amide bonds. The molecule has 0 radical (unpaired) electrons. The molecule has 1 saturated heterocycles. The molecule has 0 saturated carbocycles. The molecule has 1 aromatic carbocycles. The van der Waals surface area contributed by atoms with Crippen LogP contribution in [0.15, 0.2) is 6.07 Å². The second kappa shape index (κ2) is 5.29. The highest BCUT2D eigenvalue weighted by molar-refractivity contribution is 5.95. The lowest BCUT2D eigenvalue weighted by atomic mass is 10.1. The number of aromatic hydroxyl groups is 1. The van der Waals surface area contributed by atoms with Gasteiger partial charge in [0.05, 0.1) is 17.7 Å². The number of carbonyl (C=O) groups excluding carboxylic acids is 1. The highest BCUT2D eigenvalue weighted by atomic mass is 19.2. The van der Waals surface area contributed by atoms with Crippen LogP contribution in [0.5, 0.6) is 5.75 Å². The molecular weight excluding hydrogens is 277 g/mol. The topological polar surface area (TPSA) is 72.8 Å². The number of hydrogen-bond acceptors (Lipinski definition) is 4. The molecule has 8 heteroatoms. The fourth-order valence-electron chi connectivity index (χ4n) is 2.13. The van der Waals surface area contributed by atoms with Crippen LogP contribution in [-0.4, -0.2) is 53.3 Å². The number of nitrogens with one attached hydrogen (secondary N) is 1. The van der Waals surface area contributed by atoms with Crippen molar-refractivity contribution in [3.8, 4) is 5.75 Å². The lowest BCUT2D eigenvalue weighted by molar-refractivity contribution is 0.0575. The average Bonchev–Trinajstić information content (AvgIpc) is 2.85. The zero-order valence-electron chi connectivity index (χ0n) is 10.5. The van der Waals surface area contributed by atoms with E-state index in [0.29, 0.717) is 12.6 Å². The summed E-state index contributed by atoms with van der Waals surface area (Å²) in [5, 5.41) is 21.6. The number of phenols is 1. The molecule has 20 heavy (non-hydrogen) atoms. The smallest absolute Gasteiger partial charge is 0.257 e. The van der Waals surface area contributed by atoms with E-state index in [1.165, 1.54) is 7.05 Å². The number of likely N-dealkylation sites (N-methyl/N-ethyl adjacent to an activating group) is 1. The minimum atomic E-state index is -1.75. The summed E-state index contributed by atoms with van der Waals surface area (Å²) in [5.41, 5.74) is -0.789. The van der Waals surface area contributed by atoms with Crippen molar-refractivity contribution in [3.05, 3.63) is 29.1 Å². The van der Waals surface area contributed by atoms with Crippen LogP contribution in [0.25, 0.3) is 0 Å². The zero-order valence-corrected chi connectivity index (χ0v) is 10.5. The number of phenolic OH excluding ortho intramolecular Hbond substituents is 1. The summed E-state index contributed by atoms with van der Waals surface area (Å²) in [6.07, 6.45) is -0.842. The van der Waals surface area contributed by atoms with Gasteiger partial charge in [-0.15, -0.1) is 0 Å². The molecule has 0 unspecified atom stereocenters. The maximum absolute atomic E-state index is 13.7. The number of aliphatic hydroxyl groups is 1. The fourth-order valence-corrected chi connectivity index (χ4v) is 2.13. The normalized spacial score (nSPS) is 22.1. The number of amides is 1. The number of β-amino-alcohol motifs (C(OH)–C–C–N with tert-alkyl or cyclic N) is 1. The maximum Gasteiger partial charge on any atom is 0.257 e. The van der Waals surface area contributed by atoms with Gasteiger partial charge in [-0.1, -0.05) is 0 Å². The van der Waals surface area contributed by atoms with Gasteiger partial charge in [0.2, 0.25) is 5.82 Å². The predicted octanol–water partition coefficient (Wildman–Crippen LogP) is 0.214. The van der Waals surface area contributed by atoms with E-state index >= 15 is 0 Å². The van der Waals surface area contributed by atoms with Gasteiger partial charge in [0.15, 0.2) is 17.4 Å². The van der Waals surface area contributed by atoms with E-state index in [1.807, 2.05) is 0 Å². The first-order chi connectivity index (χ1) is 9.34. The van der Waals surface area contributed by atoms with Crippen molar-refractivity contribution < 1.29 is 28.2 Å². The van der Waals surface area contributed by atoms with Gasteiger partial charge in [0.1, 0.15) is 0 Å². The highest BCUT2D eigenvalue weighted by Gasteiger charge is 2.33. The third-order valence-corrected chi connectivity index (χ3v) is 3.33. The molecule has 1 heterocycles. The van der Waals surface area contributed by atoms with Crippen LogP contribution >= 0.6 is 0 Å². The monoisotopic (exact) mass is 290 g/mol. The Morgan fingerprint density at radius 2 is 2.00 bits per heavy atom. The van der Waals surface area contributed by atoms with E-state index < -0.39 is 46.8 Å². The highest BCUT2D eigenvalue weighted by Crippen LogP contribution is 2.27.